The van der Waals surface area contributed by atoms with Crippen LogP contribution in [0.15, 0.2) is 24.4 Å². The molecule has 0 bridgehead atoms. The molecule has 0 radical (unpaired) electrons. The maximum Gasteiger partial charge on any atom is 0.162 e. The lowest BCUT2D eigenvalue weighted by Crippen LogP contribution is -2.63. The molecule has 3 unspecified atom stereocenters. The Hall–Kier alpha value is -1.09. The van der Waals surface area contributed by atoms with Crippen LogP contribution in [-0.4, -0.2) is 24.4 Å². The topological polar surface area (TPSA) is 41.1 Å². The predicted molar refractivity (Wildman–Crippen MR) is 65.0 cm³/mol. The summed E-state index contributed by atoms with van der Waals surface area (Å²) in [4.78, 5) is 11.9. The maximum atomic E-state index is 11.9. The van der Waals surface area contributed by atoms with Gasteiger partial charge in [0.2, 0.25) is 0 Å². The molecular formula is C13H20N2O. The van der Waals surface area contributed by atoms with Gasteiger partial charge < -0.3 is 10.6 Å². The van der Waals surface area contributed by atoms with E-state index in [1.54, 1.807) is 12.3 Å². The van der Waals surface area contributed by atoms with Crippen LogP contribution in [0.25, 0.3) is 0 Å². The summed E-state index contributed by atoms with van der Waals surface area (Å²) < 4.78 is 0. The van der Waals surface area contributed by atoms with Gasteiger partial charge in [0.05, 0.1) is 0 Å². The molecule has 1 heterocycles. The summed E-state index contributed by atoms with van der Waals surface area (Å²) in [5.41, 5.74) is -0.146. The van der Waals surface area contributed by atoms with Gasteiger partial charge in [-0.25, -0.2) is 0 Å². The minimum Gasteiger partial charge on any atom is -0.390 e. The molecule has 88 valence electrons. The summed E-state index contributed by atoms with van der Waals surface area (Å²) in [6.07, 6.45) is 7.73. The Morgan fingerprint density at radius 3 is 2.75 bits per heavy atom. The highest BCUT2D eigenvalue weighted by molar-refractivity contribution is 5.93. The van der Waals surface area contributed by atoms with Crippen molar-refractivity contribution < 1.29 is 4.79 Å². The standard InChI is InChI=1S/C13H20N2O/c1-4-15-13(3)7-6-12(13,2)10-9-14-8-5-11(10)16/h5-8,10,14-15H,4,9H2,1-3H3. The lowest BCUT2D eigenvalue weighted by atomic mass is 9.55. The lowest BCUT2D eigenvalue weighted by molar-refractivity contribution is -0.123. The molecule has 3 atom stereocenters. The van der Waals surface area contributed by atoms with Gasteiger partial charge in [-0.05, 0) is 25.7 Å². The van der Waals surface area contributed by atoms with Crippen LogP contribution in [0, 0.1) is 11.3 Å². The van der Waals surface area contributed by atoms with E-state index in [0.29, 0.717) is 0 Å². The summed E-state index contributed by atoms with van der Waals surface area (Å²) in [5.74, 6) is 0.265. The Morgan fingerprint density at radius 1 is 1.50 bits per heavy atom. The smallest absolute Gasteiger partial charge is 0.162 e. The molecule has 2 N–H and O–H groups in total. The zero-order chi connectivity index (χ0) is 11.8. The fourth-order valence-electron chi connectivity index (χ4n) is 2.74. The van der Waals surface area contributed by atoms with Crippen LogP contribution in [0.4, 0.5) is 0 Å². The summed E-state index contributed by atoms with van der Waals surface area (Å²) >= 11 is 0. The van der Waals surface area contributed by atoms with Crippen molar-refractivity contribution in [1.82, 2.24) is 10.6 Å². The monoisotopic (exact) mass is 220 g/mol. The number of hydrogen-bond acceptors (Lipinski definition) is 3. The first-order valence-electron chi connectivity index (χ1n) is 5.93. The van der Waals surface area contributed by atoms with E-state index in [-0.39, 0.29) is 22.7 Å². The second kappa shape index (κ2) is 3.74. The van der Waals surface area contributed by atoms with Crippen LogP contribution < -0.4 is 10.6 Å². The van der Waals surface area contributed by atoms with Gasteiger partial charge in [0.15, 0.2) is 5.78 Å². The molecular weight excluding hydrogens is 200 g/mol. The van der Waals surface area contributed by atoms with Crippen molar-refractivity contribution in [3.8, 4) is 0 Å². The molecule has 3 nitrogen and oxygen atoms in total. The van der Waals surface area contributed by atoms with Gasteiger partial charge in [-0.3, -0.25) is 4.79 Å². The number of rotatable bonds is 3. The highest BCUT2D eigenvalue weighted by Crippen LogP contribution is 2.48. The molecule has 1 aliphatic heterocycles. The molecule has 0 saturated heterocycles. The third-order valence-electron chi connectivity index (χ3n) is 4.18. The molecule has 0 aromatic rings. The third-order valence-corrected chi connectivity index (χ3v) is 4.18. The Bertz CT molecular complexity index is 361. The number of hydrogen-bond donors (Lipinski definition) is 2. The van der Waals surface area contributed by atoms with Crippen molar-refractivity contribution in [3.05, 3.63) is 24.4 Å². The van der Waals surface area contributed by atoms with Crippen molar-refractivity contribution in [1.29, 1.82) is 0 Å². The first kappa shape index (κ1) is 11.4. The average molecular weight is 220 g/mol. The summed E-state index contributed by atoms with van der Waals surface area (Å²) in [7, 11) is 0. The highest BCUT2D eigenvalue weighted by Gasteiger charge is 2.53. The SMILES string of the molecule is CCNC1(C)C=CC1(C)C1CNC=CC1=O. The molecule has 0 fully saturated rings. The van der Waals surface area contributed by atoms with Crippen molar-refractivity contribution in [2.45, 2.75) is 26.3 Å². The molecule has 2 aliphatic rings. The van der Waals surface area contributed by atoms with Crippen LogP contribution >= 0.6 is 0 Å². The van der Waals surface area contributed by atoms with E-state index in [9.17, 15) is 4.79 Å². The van der Waals surface area contributed by atoms with E-state index in [1.807, 2.05) is 0 Å². The summed E-state index contributed by atoms with van der Waals surface area (Å²) in [6.45, 7) is 8.08. The molecule has 0 aromatic carbocycles. The van der Waals surface area contributed by atoms with Crippen LogP contribution in [0.5, 0.6) is 0 Å². The van der Waals surface area contributed by atoms with Gasteiger partial charge in [0.25, 0.3) is 0 Å². The first-order chi connectivity index (χ1) is 7.53. The van der Waals surface area contributed by atoms with Crippen LogP contribution in [0.3, 0.4) is 0 Å². The summed E-state index contributed by atoms with van der Waals surface area (Å²) in [5, 5.41) is 6.63. The first-order valence-corrected chi connectivity index (χ1v) is 5.93. The van der Waals surface area contributed by atoms with Gasteiger partial charge in [-0.2, -0.15) is 0 Å². The molecule has 3 heteroatoms. The van der Waals surface area contributed by atoms with Crippen molar-refractivity contribution in [3.63, 3.8) is 0 Å². The number of nitrogens with one attached hydrogen (secondary N) is 2. The van der Waals surface area contributed by atoms with E-state index < -0.39 is 0 Å². The van der Waals surface area contributed by atoms with Gasteiger partial charge in [0.1, 0.15) is 0 Å². The lowest BCUT2D eigenvalue weighted by Gasteiger charge is -2.54. The van der Waals surface area contributed by atoms with Crippen molar-refractivity contribution in [2.75, 3.05) is 13.1 Å². The van der Waals surface area contributed by atoms with Gasteiger partial charge >= 0.3 is 0 Å². The molecule has 16 heavy (non-hydrogen) atoms. The third kappa shape index (κ3) is 1.42. The van der Waals surface area contributed by atoms with E-state index in [2.05, 4.69) is 43.6 Å². The number of carbonyl (C=O) groups is 1. The Balaban J connectivity index is 2.24. The van der Waals surface area contributed by atoms with E-state index in [0.717, 1.165) is 13.1 Å². The zero-order valence-electron chi connectivity index (χ0n) is 10.2. The Labute approximate surface area is 97.0 Å². The minimum atomic E-state index is -0.0855. The van der Waals surface area contributed by atoms with Gasteiger partial charge in [-0.1, -0.05) is 26.0 Å². The Morgan fingerprint density at radius 2 is 2.25 bits per heavy atom. The minimum absolute atomic E-state index is 0.0338. The second-order valence-electron chi connectivity index (χ2n) is 5.05. The molecule has 0 aromatic heterocycles. The zero-order valence-corrected chi connectivity index (χ0v) is 10.2. The average Bonchev–Trinajstić information content (AvgIpc) is 2.27. The summed E-state index contributed by atoms with van der Waals surface area (Å²) in [6, 6.07) is 0. The molecule has 0 amide bonds. The Kier molecular flexibility index (Phi) is 2.66. The highest BCUT2D eigenvalue weighted by atomic mass is 16.1. The van der Waals surface area contributed by atoms with Crippen molar-refractivity contribution >= 4 is 5.78 Å². The quantitative estimate of drug-likeness (QED) is 0.703. The van der Waals surface area contributed by atoms with Crippen LogP contribution in [0.1, 0.15) is 20.8 Å². The molecule has 1 aliphatic carbocycles. The second-order valence-corrected chi connectivity index (χ2v) is 5.05. The predicted octanol–water partition coefficient (Wildman–Crippen LogP) is 1.23. The number of allylic oxidation sites excluding steroid dienone is 1. The number of carbonyl (C=O) groups excluding carboxylic acids is 1. The van der Waals surface area contributed by atoms with E-state index in [1.165, 1.54) is 0 Å². The number of likely N-dealkylation sites (N-methyl/N-ethyl adjacent to an activating group) is 1. The van der Waals surface area contributed by atoms with Crippen LogP contribution in [-0.2, 0) is 4.79 Å². The van der Waals surface area contributed by atoms with E-state index in [4.69, 9.17) is 0 Å². The van der Waals surface area contributed by atoms with Gasteiger partial charge in [0, 0.05) is 23.4 Å². The van der Waals surface area contributed by atoms with Crippen LogP contribution in [0.2, 0.25) is 0 Å². The van der Waals surface area contributed by atoms with Crippen molar-refractivity contribution in [2.24, 2.45) is 11.3 Å². The number of ketones is 1. The normalized spacial score (nSPS) is 41.7. The maximum absolute atomic E-state index is 11.9. The molecule has 2 rings (SSSR count). The molecule has 0 spiro atoms. The fraction of sp³-hybridized carbons (Fsp3) is 0.615. The van der Waals surface area contributed by atoms with E-state index >= 15 is 0 Å². The van der Waals surface area contributed by atoms with Gasteiger partial charge in [-0.15, -0.1) is 0 Å². The fourth-order valence-corrected chi connectivity index (χ4v) is 2.74. The molecule has 0 saturated carbocycles. The largest absolute Gasteiger partial charge is 0.390 e.